The summed E-state index contributed by atoms with van der Waals surface area (Å²) in [7, 11) is 0. The molecule has 4 rings (SSSR count). The number of nitrogen functional groups attached to an aromatic ring is 1. The molecule has 0 aliphatic carbocycles. The van der Waals surface area contributed by atoms with Gasteiger partial charge in [0.25, 0.3) is 0 Å². The van der Waals surface area contributed by atoms with E-state index in [0.717, 1.165) is 23.8 Å². The van der Waals surface area contributed by atoms with Crippen LogP contribution in [0.3, 0.4) is 0 Å². The molecule has 2 N–H and O–H groups in total. The topological polar surface area (TPSA) is 82.8 Å². The summed E-state index contributed by atoms with van der Waals surface area (Å²) in [4.78, 5) is 14.0. The molecule has 0 spiro atoms. The van der Waals surface area contributed by atoms with Gasteiger partial charge in [0.05, 0.1) is 6.26 Å². The number of anilines is 1. The Morgan fingerprint density at radius 1 is 1.03 bits per heavy atom. The number of thioether (sulfide) groups is 1. The molecule has 0 aliphatic heterocycles. The fourth-order valence-corrected chi connectivity index (χ4v) is 4.18. The molecule has 3 heterocycles. The lowest BCUT2D eigenvalue weighted by molar-refractivity contribution is 0.519. The second-order valence-electron chi connectivity index (χ2n) is 7.60. The molecule has 29 heavy (non-hydrogen) atoms. The van der Waals surface area contributed by atoms with Crippen LogP contribution in [0.2, 0.25) is 0 Å². The molecule has 4 aromatic rings. The van der Waals surface area contributed by atoms with Gasteiger partial charge < -0.3 is 14.7 Å². The summed E-state index contributed by atoms with van der Waals surface area (Å²) in [6, 6.07) is 14.2. The molecule has 1 atom stereocenters. The van der Waals surface area contributed by atoms with Gasteiger partial charge >= 0.3 is 0 Å². The largest absolute Gasteiger partial charge is 0.461 e. The molecule has 0 fully saturated rings. The maximum atomic E-state index is 6.27. The maximum absolute atomic E-state index is 6.27. The Labute approximate surface area is 174 Å². The van der Waals surface area contributed by atoms with E-state index < -0.39 is 0 Å². The Bertz CT molecular complexity index is 1090. The van der Waals surface area contributed by atoms with Gasteiger partial charge in [-0.15, -0.1) is 0 Å². The number of hydrogen-bond donors (Lipinski definition) is 1. The first kappa shape index (κ1) is 19.5. The van der Waals surface area contributed by atoms with Crippen molar-refractivity contribution in [1.29, 1.82) is 0 Å². The smallest absolute Gasteiger partial charge is 0.191 e. The molecule has 0 saturated carbocycles. The van der Waals surface area contributed by atoms with Gasteiger partial charge in [-0.1, -0.05) is 62.9 Å². The first-order chi connectivity index (χ1) is 14.0. The number of rotatable bonds is 7. The van der Waals surface area contributed by atoms with Crippen molar-refractivity contribution in [2.45, 2.75) is 38.4 Å². The zero-order chi connectivity index (χ0) is 20.4. The van der Waals surface area contributed by atoms with Crippen molar-refractivity contribution < 1.29 is 4.42 Å². The zero-order valence-electron chi connectivity index (χ0n) is 16.9. The molecule has 1 aromatic carbocycles. The lowest BCUT2D eigenvalue weighted by Gasteiger charge is -2.12. The zero-order valence-corrected chi connectivity index (χ0v) is 17.7. The van der Waals surface area contributed by atoms with Crippen LogP contribution in [-0.4, -0.2) is 25.3 Å². The van der Waals surface area contributed by atoms with Gasteiger partial charge in [0, 0.05) is 12.3 Å². The van der Waals surface area contributed by atoms with E-state index >= 15 is 0 Å². The molecule has 0 radical (unpaired) electrons. The highest BCUT2D eigenvalue weighted by Gasteiger charge is 2.20. The lowest BCUT2D eigenvalue weighted by Crippen LogP contribution is -2.08. The third kappa shape index (κ3) is 4.15. The predicted molar refractivity (Wildman–Crippen MR) is 118 cm³/mol. The average Bonchev–Trinajstić information content (AvgIpc) is 3.35. The van der Waals surface area contributed by atoms with E-state index in [2.05, 4.69) is 54.6 Å². The number of fused-ring (bicyclic) bond motifs is 1. The Balaban J connectivity index is 1.68. The minimum absolute atomic E-state index is 0.390. The van der Waals surface area contributed by atoms with E-state index in [-0.39, 0.29) is 0 Å². The fourth-order valence-electron chi connectivity index (χ4n) is 3.27. The van der Waals surface area contributed by atoms with Gasteiger partial charge in [-0.2, -0.15) is 0 Å². The second-order valence-corrected chi connectivity index (χ2v) is 8.59. The molecule has 3 aromatic heterocycles. The van der Waals surface area contributed by atoms with Crippen LogP contribution in [-0.2, 0) is 6.54 Å². The van der Waals surface area contributed by atoms with E-state index in [4.69, 9.17) is 20.1 Å². The van der Waals surface area contributed by atoms with Crippen molar-refractivity contribution in [1.82, 2.24) is 19.5 Å². The number of hydrogen-bond acceptors (Lipinski definition) is 6. The Morgan fingerprint density at radius 3 is 2.52 bits per heavy atom. The fraction of sp³-hybridized carbons (Fsp3) is 0.318. The number of aromatic nitrogens is 4. The quantitative estimate of drug-likeness (QED) is 0.334. The van der Waals surface area contributed by atoms with Crippen LogP contribution >= 0.6 is 11.8 Å². The van der Waals surface area contributed by atoms with Gasteiger partial charge in [0.15, 0.2) is 33.7 Å². The molecule has 0 aliphatic rings. The van der Waals surface area contributed by atoms with Crippen molar-refractivity contribution in [2.24, 2.45) is 5.92 Å². The normalized spacial score (nSPS) is 12.7. The number of furan rings is 1. The molecule has 0 amide bonds. The highest BCUT2D eigenvalue weighted by Crippen LogP contribution is 2.30. The minimum atomic E-state index is 0.390. The first-order valence-electron chi connectivity index (χ1n) is 9.78. The van der Waals surface area contributed by atoms with Crippen molar-refractivity contribution in [3.8, 4) is 11.6 Å². The minimum Gasteiger partial charge on any atom is -0.461 e. The van der Waals surface area contributed by atoms with Gasteiger partial charge in [-0.05, 0) is 29.5 Å². The summed E-state index contributed by atoms with van der Waals surface area (Å²) in [6.07, 6.45) is 1.65. The summed E-state index contributed by atoms with van der Waals surface area (Å²) in [5.74, 6) is 3.53. The molecule has 0 bridgehead atoms. The molecular weight excluding hydrogens is 382 g/mol. The molecule has 1 unspecified atom stereocenters. The SMILES string of the molecule is CC(C)Cn1c(-c2ccco2)nc2c(N)nc(SCC(C)c3ccccc3)nc21. The summed E-state index contributed by atoms with van der Waals surface area (Å²) in [5, 5.41) is 0.675. The Morgan fingerprint density at radius 2 is 1.83 bits per heavy atom. The molecule has 6 nitrogen and oxygen atoms in total. The summed E-state index contributed by atoms with van der Waals surface area (Å²) >= 11 is 1.62. The Hall–Kier alpha value is -2.80. The number of benzene rings is 1. The van der Waals surface area contributed by atoms with Crippen LogP contribution in [0.4, 0.5) is 5.82 Å². The third-order valence-electron chi connectivity index (χ3n) is 4.72. The Kier molecular flexibility index (Phi) is 5.58. The predicted octanol–water partition coefficient (Wildman–Crippen LogP) is 5.22. The van der Waals surface area contributed by atoms with Gasteiger partial charge in [-0.3, -0.25) is 0 Å². The molecular formula is C22H25N5OS. The van der Waals surface area contributed by atoms with Gasteiger partial charge in [-0.25, -0.2) is 15.0 Å². The van der Waals surface area contributed by atoms with E-state index in [1.54, 1.807) is 18.0 Å². The average molecular weight is 408 g/mol. The van der Waals surface area contributed by atoms with Crippen LogP contribution in [0.25, 0.3) is 22.7 Å². The van der Waals surface area contributed by atoms with Crippen molar-refractivity contribution >= 4 is 28.7 Å². The number of nitrogens with zero attached hydrogens (tertiary/aromatic N) is 4. The van der Waals surface area contributed by atoms with Crippen LogP contribution in [0.5, 0.6) is 0 Å². The van der Waals surface area contributed by atoms with E-state index in [1.807, 2.05) is 18.2 Å². The van der Waals surface area contributed by atoms with Crippen LogP contribution in [0.15, 0.2) is 58.3 Å². The monoisotopic (exact) mass is 407 g/mol. The molecule has 0 saturated heterocycles. The van der Waals surface area contributed by atoms with E-state index in [9.17, 15) is 0 Å². The van der Waals surface area contributed by atoms with Crippen LogP contribution in [0, 0.1) is 5.92 Å². The summed E-state index contributed by atoms with van der Waals surface area (Å²) < 4.78 is 7.68. The van der Waals surface area contributed by atoms with Crippen LogP contribution < -0.4 is 5.73 Å². The number of imidazole rings is 1. The van der Waals surface area contributed by atoms with Gasteiger partial charge in [0.2, 0.25) is 0 Å². The van der Waals surface area contributed by atoms with Crippen molar-refractivity contribution in [3.05, 3.63) is 54.3 Å². The third-order valence-corrected chi connectivity index (χ3v) is 5.83. The highest BCUT2D eigenvalue weighted by molar-refractivity contribution is 7.99. The van der Waals surface area contributed by atoms with E-state index in [0.29, 0.717) is 34.1 Å². The van der Waals surface area contributed by atoms with Crippen LogP contribution in [0.1, 0.15) is 32.3 Å². The maximum Gasteiger partial charge on any atom is 0.191 e. The summed E-state index contributed by atoms with van der Waals surface area (Å²) in [5.41, 5.74) is 8.95. The van der Waals surface area contributed by atoms with Gasteiger partial charge in [0.1, 0.15) is 0 Å². The second kappa shape index (κ2) is 8.29. The standard InChI is InChI=1S/C22H25N5OS/c1-14(2)12-27-20(17-10-7-11-28-17)24-18-19(23)25-22(26-21(18)27)29-13-15(3)16-8-5-4-6-9-16/h4-11,14-15H,12-13H2,1-3H3,(H2,23,25,26). The lowest BCUT2D eigenvalue weighted by atomic mass is 10.0. The van der Waals surface area contributed by atoms with E-state index in [1.165, 1.54) is 5.56 Å². The highest BCUT2D eigenvalue weighted by atomic mass is 32.2. The molecule has 7 heteroatoms. The summed E-state index contributed by atoms with van der Waals surface area (Å²) in [6.45, 7) is 7.31. The van der Waals surface area contributed by atoms with Crippen molar-refractivity contribution in [3.63, 3.8) is 0 Å². The molecule has 150 valence electrons. The first-order valence-corrected chi connectivity index (χ1v) is 10.8. The van der Waals surface area contributed by atoms with Crippen molar-refractivity contribution in [2.75, 3.05) is 11.5 Å². The number of nitrogens with two attached hydrogens (primary N) is 1.